The van der Waals surface area contributed by atoms with Crippen molar-refractivity contribution in [1.82, 2.24) is 10.6 Å². The van der Waals surface area contributed by atoms with E-state index in [0.717, 1.165) is 5.56 Å². The average Bonchev–Trinajstić information content (AvgIpc) is 2.52. The van der Waals surface area contributed by atoms with Gasteiger partial charge in [-0.15, -0.1) is 0 Å². The van der Waals surface area contributed by atoms with E-state index < -0.39 is 5.54 Å². The molecule has 0 bridgehead atoms. The average molecular weight is 263 g/mol. The SMILES string of the molecule is CC(C)N=C1NC(=O)C(C)(Cc2cccc(F)c2)N1. The number of amides is 1. The number of guanidine groups is 1. The summed E-state index contributed by atoms with van der Waals surface area (Å²) in [5.74, 6) is 0.0469. The van der Waals surface area contributed by atoms with E-state index in [0.29, 0.717) is 12.4 Å². The predicted octanol–water partition coefficient (Wildman–Crippen LogP) is 1.61. The van der Waals surface area contributed by atoms with Crippen molar-refractivity contribution in [2.24, 2.45) is 4.99 Å². The molecule has 1 unspecified atom stereocenters. The number of benzene rings is 1. The lowest BCUT2D eigenvalue weighted by Crippen LogP contribution is -2.45. The molecule has 1 fully saturated rings. The third-order valence-corrected chi connectivity index (χ3v) is 2.96. The summed E-state index contributed by atoms with van der Waals surface area (Å²) in [7, 11) is 0. The molecule has 1 aliphatic heterocycles. The minimum Gasteiger partial charge on any atom is -0.342 e. The van der Waals surface area contributed by atoms with Crippen molar-refractivity contribution in [1.29, 1.82) is 0 Å². The second kappa shape index (κ2) is 4.99. The zero-order valence-corrected chi connectivity index (χ0v) is 11.3. The highest BCUT2D eigenvalue weighted by molar-refractivity contribution is 6.08. The van der Waals surface area contributed by atoms with Crippen LogP contribution in [0.2, 0.25) is 0 Å². The van der Waals surface area contributed by atoms with E-state index in [-0.39, 0.29) is 17.8 Å². The van der Waals surface area contributed by atoms with Crippen LogP contribution in [-0.2, 0) is 11.2 Å². The molecular formula is C14H18FN3O. The number of aliphatic imine (C=N–C) groups is 1. The van der Waals surface area contributed by atoms with Crippen LogP contribution in [0.3, 0.4) is 0 Å². The first-order chi connectivity index (χ1) is 8.89. The number of nitrogens with one attached hydrogen (secondary N) is 2. The molecule has 1 amide bonds. The molecule has 1 aromatic carbocycles. The molecule has 102 valence electrons. The highest BCUT2D eigenvalue weighted by atomic mass is 19.1. The van der Waals surface area contributed by atoms with Crippen LogP contribution in [0.15, 0.2) is 29.3 Å². The van der Waals surface area contributed by atoms with E-state index in [1.807, 2.05) is 13.8 Å². The van der Waals surface area contributed by atoms with Crippen LogP contribution in [0.5, 0.6) is 0 Å². The summed E-state index contributed by atoms with van der Waals surface area (Å²) in [6, 6.07) is 6.38. The summed E-state index contributed by atoms with van der Waals surface area (Å²) in [5, 5.41) is 5.80. The zero-order chi connectivity index (χ0) is 14.0. The monoisotopic (exact) mass is 263 g/mol. The lowest BCUT2D eigenvalue weighted by Gasteiger charge is -2.21. The lowest BCUT2D eigenvalue weighted by atomic mass is 9.93. The topological polar surface area (TPSA) is 53.5 Å². The molecule has 1 heterocycles. The Kier molecular flexibility index (Phi) is 3.55. The number of hydrogen-bond donors (Lipinski definition) is 2. The summed E-state index contributed by atoms with van der Waals surface area (Å²) in [4.78, 5) is 16.3. The van der Waals surface area contributed by atoms with Gasteiger partial charge in [-0.3, -0.25) is 15.1 Å². The summed E-state index contributed by atoms with van der Waals surface area (Å²) >= 11 is 0. The van der Waals surface area contributed by atoms with Gasteiger partial charge in [0, 0.05) is 12.5 Å². The van der Waals surface area contributed by atoms with Crippen molar-refractivity contribution in [2.45, 2.75) is 38.8 Å². The Bertz CT molecular complexity index is 527. The molecule has 19 heavy (non-hydrogen) atoms. The van der Waals surface area contributed by atoms with Gasteiger partial charge in [0.1, 0.15) is 11.4 Å². The van der Waals surface area contributed by atoms with Gasteiger partial charge in [0.25, 0.3) is 5.91 Å². The van der Waals surface area contributed by atoms with Crippen LogP contribution in [-0.4, -0.2) is 23.4 Å². The van der Waals surface area contributed by atoms with E-state index >= 15 is 0 Å². The zero-order valence-electron chi connectivity index (χ0n) is 11.3. The van der Waals surface area contributed by atoms with E-state index in [4.69, 9.17) is 0 Å². The maximum atomic E-state index is 13.2. The number of rotatable bonds is 3. The largest absolute Gasteiger partial charge is 0.342 e. The van der Waals surface area contributed by atoms with Crippen LogP contribution in [0, 0.1) is 5.82 Å². The highest BCUT2D eigenvalue weighted by Crippen LogP contribution is 2.18. The van der Waals surface area contributed by atoms with Crippen LogP contribution in [0.4, 0.5) is 4.39 Å². The van der Waals surface area contributed by atoms with Crippen LogP contribution in [0.25, 0.3) is 0 Å². The van der Waals surface area contributed by atoms with Crippen molar-refractivity contribution >= 4 is 11.9 Å². The summed E-state index contributed by atoms with van der Waals surface area (Å²) in [6.45, 7) is 5.65. The molecule has 1 atom stereocenters. The van der Waals surface area contributed by atoms with Gasteiger partial charge >= 0.3 is 0 Å². The van der Waals surface area contributed by atoms with E-state index in [2.05, 4.69) is 15.6 Å². The first kappa shape index (κ1) is 13.5. The second-order valence-corrected chi connectivity index (χ2v) is 5.29. The first-order valence-electron chi connectivity index (χ1n) is 6.31. The Morgan fingerprint density at radius 3 is 2.79 bits per heavy atom. The number of hydrogen-bond acceptors (Lipinski definition) is 2. The quantitative estimate of drug-likeness (QED) is 0.870. The molecule has 4 nitrogen and oxygen atoms in total. The molecule has 0 aliphatic carbocycles. The van der Waals surface area contributed by atoms with Crippen LogP contribution in [0.1, 0.15) is 26.3 Å². The summed E-state index contributed by atoms with van der Waals surface area (Å²) in [6.07, 6.45) is 0.410. The molecular weight excluding hydrogens is 245 g/mol. The number of halogens is 1. The van der Waals surface area contributed by atoms with Gasteiger partial charge in [0.05, 0.1) is 0 Å². The number of carbonyl (C=O) groups excluding carboxylic acids is 1. The van der Waals surface area contributed by atoms with Gasteiger partial charge in [-0.1, -0.05) is 12.1 Å². The fourth-order valence-corrected chi connectivity index (χ4v) is 2.10. The Balaban J connectivity index is 2.17. The smallest absolute Gasteiger partial charge is 0.252 e. The van der Waals surface area contributed by atoms with Gasteiger partial charge in [-0.2, -0.15) is 0 Å². The molecule has 0 radical (unpaired) electrons. The second-order valence-electron chi connectivity index (χ2n) is 5.29. The Morgan fingerprint density at radius 2 is 2.16 bits per heavy atom. The van der Waals surface area contributed by atoms with Crippen molar-refractivity contribution in [3.63, 3.8) is 0 Å². The van der Waals surface area contributed by atoms with Gasteiger partial charge in [0.15, 0.2) is 5.96 Å². The molecule has 0 saturated carbocycles. The molecule has 2 rings (SSSR count). The Morgan fingerprint density at radius 1 is 1.42 bits per heavy atom. The molecule has 1 saturated heterocycles. The minimum absolute atomic E-state index is 0.0966. The van der Waals surface area contributed by atoms with Gasteiger partial charge < -0.3 is 5.32 Å². The maximum Gasteiger partial charge on any atom is 0.252 e. The molecule has 2 N–H and O–H groups in total. The fourth-order valence-electron chi connectivity index (χ4n) is 2.10. The van der Waals surface area contributed by atoms with Gasteiger partial charge in [0.2, 0.25) is 0 Å². The number of carbonyl (C=O) groups is 1. The molecule has 0 aromatic heterocycles. The minimum atomic E-state index is -0.790. The van der Waals surface area contributed by atoms with Crippen LogP contribution < -0.4 is 10.6 Å². The Labute approximate surface area is 112 Å². The van der Waals surface area contributed by atoms with Crippen molar-refractivity contribution in [3.8, 4) is 0 Å². The van der Waals surface area contributed by atoms with Crippen molar-refractivity contribution in [3.05, 3.63) is 35.6 Å². The summed E-state index contributed by atoms with van der Waals surface area (Å²) < 4.78 is 13.2. The van der Waals surface area contributed by atoms with Crippen molar-refractivity contribution < 1.29 is 9.18 Å². The molecule has 1 aromatic rings. The third-order valence-electron chi connectivity index (χ3n) is 2.96. The summed E-state index contributed by atoms with van der Waals surface area (Å²) in [5.41, 5.74) is -0.0161. The van der Waals surface area contributed by atoms with Gasteiger partial charge in [-0.05, 0) is 38.5 Å². The standard InChI is InChI=1S/C14H18FN3O/c1-9(2)16-13-17-12(19)14(3,18-13)8-10-5-4-6-11(15)7-10/h4-7,9H,8H2,1-3H3,(H2,16,17,18,19). The fraction of sp³-hybridized carbons (Fsp3) is 0.429. The Hall–Kier alpha value is -1.91. The molecule has 0 spiro atoms. The third kappa shape index (κ3) is 3.10. The molecule has 1 aliphatic rings. The molecule has 5 heteroatoms. The highest BCUT2D eigenvalue weighted by Gasteiger charge is 2.40. The van der Waals surface area contributed by atoms with Crippen molar-refractivity contribution in [2.75, 3.05) is 0 Å². The lowest BCUT2D eigenvalue weighted by molar-refractivity contribution is -0.123. The first-order valence-corrected chi connectivity index (χ1v) is 6.31. The van der Waals surface area contributed by atoms with Crippen LogP contribution >= 0.6 is 0 Å². The normalized spacial score (nSPS) is 24.7. The van der Waals surface area contributed by atoms with E-state index in [1.54, 1.807) is 19.1 Å². The maximum absolute atomic E-state index is 13.2. The van der Waals surface area contributed by atoms with E-state index in [1.165, 1.54) is 12.1 Å². The van der Waals surface area contributed by atoms with Gasteiger partial charge in [-0.25, -0.2) is 4.39 Å². The van der Waals surface area contributed by atoms with E-state index in [9.17, 15) is 9.18 Å². The number of nitrogens with zero attached hydrogens (tertiary/aromatic N) is 1. The predicted molar refractivity (Wildman–Crippen MR) is 72.4 cm³/mol.